The predicted molar refractivity (Wildman–Crippen MR) is 107 cm³/mol. The number of aromatic amines is 1. The molecule has 4 rings (SSSR count). The van der Waals surface area contributed by atoms with E-state index in [0.717, 1.165) is 15.8 Å². The number of aryl methyl sites for hydroxylation is 3. The van der Waals surface area contributed by atoms with Gasteiger partial charge in [0.1, 0.15) is 17.2 Å². The fourth-order valence-corrected chi connectivity index (χ4v) is 3.39. The van der Waals surface area contributed by atoms with Crippen LogP contribution in [0.2, 0.25) is 0 Å². The van der Waals surface area contributed by atoms with Crippen LogP contribution in [0.25, 0.3) is 22.4 Å². The van der Waals surface area contributed by atoms with E-state index in [9.17, 15) is 9.59 Å². The molecule has 0 atom stereocenters. The minimum absolute atomic E-state index is 0.225. The summed E-state index contributed by atoms with van der Waals surface area (Å²) in [6, 6.07) is 5.05. The smallest absolute Gasteiger partial charge is 0.286 e. The third kappa shape index (κ3) is 3.54. The average Bonchev–Trinajstić information content (AvgIpc) is 3.37. The zero-order valence-corrected chi connectivity index (χ0v) is 17.3. The lowest BCUT2D eigenvalue weighted by Crippen LogP contribution is -2.41. The number of carbonyl (C=O) groups is 2. The number of H-pyrrole nitrogens is 1. The normalized spacial score (nSPS) is 11.0. The molecule has 9 nitrogen and oxygen atoms in total. The number of halogens is 1. The molecular formula is C19H16BrN5O4. The van der Waals surface area contributed by atoms with Crippen molar-refractivity contribution in [2.75, 3.05) is 0 Å². The molecule has 0 aliphatic rings. The molecule has 4 aromatic rings. The van der Waals surface area contributed by atoms with Crippen molar-refractivity contribution in [2.24, 2.45) is 0 Å². The molecule has 10 heteroatoms. The molecule has 0 saturated heterocycles. The van der Waals surface area contributed by atoms with E-state index in [1.54, 1.807) is 25.3 Å². The van der Waals surface area contributed by atoms with E-state index in [-0.39, 0.29) is 11.3 Å². The Balaban J connectivity index is 1.68. The maximum Gasteiger partial charge on any atom is 0.286 e. The van der Waals surface area contributed by atoms with Gasteiger partial charge in [-0.2, -0.15) is 0 Å². The van der Waals surface area contributed by atoms with Crippen molar-refractivity contribution in [3.8, 4) is 11.3 Å². The van der Waals surface area contributed by atoms with E-state index in [1.807, 2.05) is 19.9 Å². The van der Waals surface area contributed by atoms with Crippen LogP contribution in [0.15, 0.2) is 37.8 Å². The molecule has 148 valence electrons. The summed E-state index contributed by atoms with van der Waals surface area (Å²) in [5.41, 5.74) is 7.36. The first-order valence-electron chi connectivity index (χ1n) is 8.62. The molecule has 2 amide bonds. The molecule has 4 aromatic heterocycles. The minimum Gasteiger partial charge on any atom is -0.466 e. The predicted octanol–water partition coefficient (Wildman–Crippen LogP) is 3.57. The van der Waals surface area contributed by atoms with Gasteiger partial charge in [-0.25, -0.2) is 4.98 Å². The molecule has 3 N–H and O–H groups in total. The van der Waals surface area contributed by atoms with E-state index in [4.69, 9.17) is 8.94 Å². The largest absolute Gasteiger partial charge is 0.466 e. The average molecular weight is 458 g/mol. The maximum absolute atomic E-state index is 12.9. The number of nitrogens with one attached hydrogen (secondary N) is 3. The number of aromatic nitrogens is 3. The topological polar surface area (TPSA) is 126 Å². The number of rotatable bonds is 3. The number of nitrogens with zero attached hydrogens (tertiary/aromatic N) is 2. The fraction of sp³-hybridized carbons (Fsp3) is 0.158. The maximum atomic E-state index is 12.9. The van der Waals surface area contributed by atoms with Crippen LogP contribution < -0.4 is 10.9 Å². The lowest BCUT2D eigenvalue weighted by Gasteiger charge is -2.08. The summed E-state index contributed by atoms with van der Waals surface area (Å²) >= 11 is 3.25. The third-order valence-corrected chi connectivity index (χ3v) is 4.82. The highest BCUT2D eigenvalue weighted by Gasteiger charge is 2.21. The monoisotopic (exact) mass is 457 g/mol. The molecule has 0 spiro atoms. The second-order valence-electron chi connectivity index (χ2n) is 6.47. The molecule has 0 aliphatic heterocycles. The Hall–Kier alpha value is -3.40. The molecule has 0 aromatic carbocycles. The SMILES string of the molecule is Cc1cc(-c2cc(C(=O)NNC(=O)c3cc(Br)c[nH]3)c3c(C)noc3n2)c(C)o1. The zero-order valence-electron chi connectivity index (χ0n) is 15.7. The summed E-state index contributed by atoms with van der Waals surface area (Å²) in [4.78, 5) is 32.3. The standard InChI is InChI=1S/C19H16BrN5O4/c1-8-4-12(10(3)28-8)14-6-13(16-9(2)25-29-19(16)22-14)17(26)23-24-18(27)15-5-11(20)7-21-15/h4-7,21H,1-3H3,(H,23,26)(H,24,27). The fourth-order valence-electron chi connectivity index (χ4n) is 3.04. The summed E-state index contributed by atoms with van der Waals surface area (Å²) in [5, 5.41) is 4.38. The van der Waals surface area contributed by atoms with Gasteiger partial charge in [0.15, 0.2) is 0 Å². The number of pyridine rings is 1. The number of furan rings is 1. The van der Waals surface area contributed by atoms with Crippen molar-refractivity contribution in [3.05, 3.63) is 57.3 Å². The number of hydrogen-bond acceptors (Lipinski definition) is 6. The minimum atomic E-state index is -0.526. The Morgan fingerprint density at radius 3 is 2.52 bits per heavy atom. The lowest BCUT2D eigenvalue weighted by atomic mass is 10.1. The Bertz CT molecular complexity index is 1250. The van der Waals surface area contributed by atoms with Crippen LogP contribution in [-0.2, 0) is 0 Å². The van der Waals surface area contributed by atoms with E-state index in [0.29, 0.717) is 28.2 Å². The molecule has 29 heavy (non-hydrogen) atoms. The number of amides is 2. The number of fused-ring (bicyclic) bond motifs is 1. The summed E-state index contributed by atoms with van der Waals surface area (Å²) in [7, 11) is 0. The highest BCUT2D eigenvalue weighted by molar-refractivity contribution is 9.10. The van der Waals surface area contributed by atoms with E-state index >= 15 is 0 Å². The number of hydrazine groups is 1. The molecule has 0 aliphatic carbocycles. The van der Waals surface area contributed by atoms with Gasteiger partial charge < -0.3 is 13.9 Å². The van der Waals surface area contributed by atoms with Crippen LogP contribution in [0.1, 0.15) is 38.1 Å². The molecule has 0 unspecified atom stereocenters. The second-order valence-corrected chi connectivity index (χ2v) is 7.39. The summed E-state index contributed by atoms with van der Waals surface area (Å²) in [5.74, 6) is 0.380. The van der Waals surface area contributed by atoms with Crippen molar-refractivity contribution in [1.29, 1.82) is 0 Å². The van der Waals surface area contributed by atoms with Gasteiger partial charge in [0.25, 0.3) is 17.5 Å². The third-order valence-electron chi connectivity index (χ3n) is 4.36. The first-order valence-corrected chi connectivity index (χ1v) is 9.42. The number of carbonyl (C=O) groups excluding carboxylic acids is 2. The lowest BCUT2D eigenvalue weighted by molar-refractivity contribution is 0.0845. The van der Waals surface area contributed by atoms with Gasteiger partial charge in [-0.05, 0) is 54.9 Å². The molecule has 4 heterocycles. The van der Waals surface area contributed by atoms with Crippen molar-refractivity contribution in [3.63, 3.8) is 0 Å². The Morgan fingerprint density at radius 2 is 1.86 bits per heavy atom. The van der Waals surface area contributed by atoms with Gasteiger partial charge in [-0.1, -0.05) is 5.16 Å². The van der Waals surface area contributed by atoms with Crippen LogP contribution in [0, 0.1) is 20.8 Å². The van der Waals surface area contributed by atoms with E-state index in [2.05, 4.69) is 41.9 Å². The molecule has 0 radical (unpaired) electrons. The van der Waals surface area contributed by atoms with Gasteiger partial charge in [-0.3, -0.25) is 20.4 Å². The van der Waals surface area contributed by atoms with Crippen molar-refractivity contribution >= 4 is 38.8 Å². The first-order chi connectivity index (χ1) is 13.8. The van der Waals surface area contributed by atoms with Crippen molar-refractivity contribution < 1.29 is 18.5 Å². The molecule has 0 fully saturated rings. The highest BCUT2D eigenvalue weighted by Crippen LogP contribution is 2.30. The summed E-state index contributed by atoms with van der Waals surface area (Å²) < 4.78 is 11.6. The highest BCUT2D eigenvalue weighted by atomic mass is 79.9. The van der Waals surface area contributed by atoms with Crippen LogP contribution >= 0.6 is 15.9 Å². The summed E-state index contributed by atoms with van der Waals surface area (Å²) in [6.07, 6.45) is 1.62. The quantitative estimate of drug-likeness (QED) is 0.403. The van der Waals surface area contributed by atoms with E-state index < -0.39 is 11.8 Å². The molecule has 0 bridgehead atoms. The van der Waals surface area contributed by atoms with Gasteiger partial charge in [-0.15, -0.1) is 0 Å². The van der Waals surface area contributed by atoms with Gasteiger partial charge in [0.05, 0.1) is 22.3 Å². The second kappa shape index (κ2) is 7.21. The first kappa shape index (κ1) is 18.9. The summed E-state index contributed by atoms with van der Waals surface area (Å²) in [6.45, 7) is 5.36. The molecular weight excluding hydrogens is 442 g/mol. The van der Waals surface area contributed by atoms with Crippen LogP contribution in [0.5, 0.6) is 0 Å². The Morgan fingerprint density at radius 1 is 1.10 bits per heavy atom. The Labute approximate surface area is 173 Å². The van der Waals surface area contributed by atoms with Crippen LogP contribution in [0.3, 0.4) is 0 Å². The van der Waals surface area contributed by atoms with E-state index in [1.165, 1.54) is 0 Å². The molecule has 0 saturated carbocycles. The number of hydrogen-bond donors (Lipinski definition) is 3. The van der Waals surface area contributed by atoms with Crippen molar-refractivity contribution in [1.82, 2.24) is 26.0 Å². The van der Waals surface area contributed by atoms with Gasteiger partial charge >= 0.3 is 0 Å². The Kier molecular flexibility index (Phi) is 4.71. The zero-order chi connectivity index (χ0) is 20.7. The van der Waals surface area contributed by atoms with Gasteiger partial charge in [0, 0.05) is 16.2 Å². The van der Waals surface area contributed by atoms with Crippen LogP contribution in [-0.4, -0.2) is 26.9 Å². The van der Waals surface area contributed by atoms with Crippen molar-refractivity contribution in [2.45, 2.75) is 20.8 Å². The van der Waals surface area contributed by atoms with Crippen LogP contribution in [0.4, 0.5) is 0 Å². The van der Waals surface area contributed by atoms with Gasteiger partial charge in [0.2, 0.25) is 0 Å².